The summed E-state index contributed by atoms with van der Waals surface area (Å²) < 4.78 is 5.25. The Labute approximate surface area is 170 Å². The van der Waals surface area contributed by atoms with E-state index in [2.05, 4.69) is 0 Å². The van der Waals surface area contributed by atoms with Gasteiger partial charge in [-0.3, -0.25) is 9.69 Å². The lowest BCUT2D eigenvalue weighted by molar-refractivity contribution is -0.113. The number of benzene rings is 3. The van der Waals surface area contributed by atoms with E-state index in [4.69, 9.17) is 9.73 Å². The summed E-state index contributed by atoms with van der Waals surface area (Å²) in [5, 5.41) is 0. The Hall–Kier alpha value is -3.66. The average molecular weight is 382 g/mol. The zero-order valence-electron chi connectivity index (χ0n) is 16.7. The van der Waals surface area contributed by atoms with Gasteiger partial charge in [0.05, 0.1) is 12.8 Å². The summed E-state index contributed by atoms with van der Waals surface area (Å²) in [6, 6.07) is 23.5. The Morgan fingerprint density at radius 3 is 2.28 bits per heavy atom. The van der Waals surface area contributed by atoms with Crippen molar-refractivity contribution in [1.29, 1.82) is 0 Å². The number of hydrogen-bond acceptors (Lipinski definition) is 3. The summed E-state index contributed by atoms with van der Waals surface area (Å²) >= 11 is 0. The number of aliphatic imine (C=N–C) groups is 1. The third-order valence-corrected chi connectivity index (χ3v) is 4.85. The maximum absolute atomic E-state index is 13.3. The first kappa shape index (κ1) is 18.7. The van der Waals surface area contributed by atoms with Gasteiger partial charge in [-0.15, -0.1) is 0 Å². The van der Waals surface area contributed by atoms with Gasteiger partial charge in [-0.25, -0.2) is 4.99 Å². The summed E-state index contributed by atoms with van der Waals surface area (Å²) in [4.78, 5) is 19.7. The number of rotatable bonds is 4. The highest BCUT2D eigenvalue weighted by molar-refractivity contribution is 6.33. The molecule has 0 aliphatic carbocycles. The zero-order valence-corrected chi connectivity index (χ0v) is 16.7. The number of hydrogen-bond donors (Lipinski definition) is 0. The summed E-state index contributed by atoms with van der Waals surface area (Å²) in [6.45, 7) is 4.07. The lowest BCUT2D eigenvalue weighted by Gasteiger charge is -2.19. The molecule has 1 aliphatic rings. The molecular weight excluding hydrogens is 360 g/mol. The standard InChI is InChI=1S/C25H22N2O2/c1-17-7-9-19(10-8-17)16-23-25(28)27(21-11-13-22(29-3)14-12-21)24(26-23)20-6-4-5-18(2)15-20/h4-16H,1-3H3/b23-16+. The Balaban J connectivity index is 1.80. The number of ether oxygens (including phenoxy) is 1. The minimum Gasteiger partial charge on any atom is -0.497 e. The van der Waals surface area contributed by atoms with E-state index in [1.807, 2.05) is 92.7 Å². The van der Waals surface area contributed by atoms with Gasteiger partial charge in [0, 0.05) is 5.56 Å². The van der Waals surface area contributed by atoms with Crippen LogP contribution in [0.2, 0.25) is 0 Å². The molecule has 4 rings (SSSR count). The maximum Gasteiger partial charge on any atom is 0.282 e. The van der Waals surface area contributed by atoms with Crippen molar-refractivity contribution < 1.29 is 9.53 Å². The largest absolute Gasteiger partial charge is 0.497 e. The van der Waals surface area contributed by atoms with E-state index >= 15 is 0 Å². The Morgan fingerprint density at radius 2 is 1.62 bits per heavy atom. The number of methoxy groups -OCH3 is 1. The van der Waals surface area contributed by atoms with E-state index in [0.717, 1.165) is 28.1 Å². The van der Waals surface area contributed by atoms with Gasteiger partial charge in [-0.2, -0.15) is 0 Å². The van der Waals surface area contributed by atoms with E-state index in [1.165, 1.54) is 5.56 Å². The van der Waals surface area contributed by atoms with Gasteiger partial charge in [0.1, 0.15) is 17.3 Å². The van der Waals surface area contributed by atoms with Crippen molar-refractivity contribution in [3.63, 3.8) is 0 Å². The second-order valence-corrected chi connectivity index (χ2v) is 7.08. The molecule has 1 aliphatic heterocycles. The van der Waals surface area contributed by atoms with E-state index in [9.17, 15) is 4.79 Å². The molecule has 0 fully saturated rings. The summed E-state index contributed by atoms with van der Waals surface area (Å²) in [7, 11) is 1.62. The van der Waals surface area contributed by atoms with Gasteiger partial charge < -0.3 is 4.74 Å². The molecule has 144 valence electrons. The fraction of sp³-hybridized carbons (Fsp3) is 0.120. The zero-order chi connectivity index (χ0) is 20.4. The van der Waals surface area contributed by atoms with E-state index in [1.54, 1.807) is 12.0 Å². The first-order valence-corrected chi connectivity index (χ1v) is 9.48. The first-order chi connectivity index (χ1) is 14.0. The summed E-state index contributed by atoms with van der Waals surface area (Å²) in [5.74, 6) is 1.22. The van der Waals surface area contributed by atoms with Crippen LogP contribution < -0.4 is 9.64 Å². The molecule has 3 aromatic carbocycles. The lowest BCUT2D eigenvalue weighted by atomic mass is 10.1. The molecule has 4 nitrogen and oxygen atoms in total. The van der Waals surface area contributed by atoms with Crippen LogP contribution in [0.3, 0.4) is 0 Å². The van der Waals surface area contributed by atoms with Crippen LogP contribution in [0.25, 0.3) is 6.08 Å². The molecule has 0 N–H and O–H groups in total. The van der Waals surface area contributed by atoms with Crippen molar-refractivity contribution >= 4 is 23.5 Å². The normalized spacial score (nSPS) is 15.0. The van der Waals surface area contributed by atoms with Crippen LogP contribution in [0.1, 0.15) is 22.3 Å². The molecule has 1 heterocycles. The average Bonchev–Trinajstić information content (AvgIpc) is 3.06. The van der Waals surface area contributed by atoms with Crippen LogP contribution >= 0.6 is 0 Å². The highest BCUT2D eigenvalue weighted by Crippen LogP contribution is 2.29. The topological polar surface area (TPSA) is 41.9 Å². The molecule has 1 amide bonds. The molecule has 0 unspecified atom stereocenters. The fourth-order valence-corrected chi connectivity index (χ4v) is 3.29. The number of amidine groups is 1. The summed E-state index contributed by atoms with van der Waals surface area (Å²) in [5.41, 5.74) is 5.31. The van der Waals surface area contributed by atoms with Crippen molar-refractivity contribution in [1.82, 2.24) is 0 Å². The minimum absolute atomic E-state index is 0.146. The highest BCUT2D eigenvalue weighted by atomic mass is 16.5. The van der Waals surface area contributed by atoms with Crippen LogP contribution in [-0.4, -0.2) is 18.9 Å². The lowest BCUT2D eigenvalue weighted by Crippen LogP contribution is -2.32. The smallest absolute Gasteiger partial charge is 0.282 e. The van der Waals surface area contributed by atoms with Crippen molar-refractivity contribution in [3.05, 3.63) is 101 Å². The Morgan fingerprint density at radius 1 is 0.897 bits per heavy atom. The third-order valence-electron chi connectivity index (χ3n) is 4.85. The molecule has 0 bridgehead atoms. The molecule has 0 saturated heterocycles. The molecule has 29 heavy (non-hydrogen) atoms. The first-order valence-electron chi connectivity index (χ1n) is 9.48. The molecule has 0 aromatic heterocycles. The van der Waals surface area contributed by atoms with Crippen molar-refractivity contribution in [2.24, 2.45) is 4.99 Å². The van der Waals surface area contributed by atoms with E-state index < -0.39 is 0 Å². The fourth-order valence-electron chi connectivity index (χ4n) is 3.29. The minimum atomic E-state index is -0.146. The van der Waals surface area contributed by atoms with Gasteiger partial charge in [0.25, 0.3) is 5.91 Å². The van der Waals surface area contributed by atoms with Gasteiger partial charge in [0.2, 0.25) is 0 Å². The molecule has 0 saturated carbocycles. The van der Waals surface area contributed by atoms with Crippen LogP contribution in [0, 0.1) is 13.8 Å². The number of carbonyl (C=O) groups is 1. The number of amides is 1. The molecule has 0 radical (unpaired) electrons. The monoisotopic (exact) mass is 382 g/mol. The number of aryl methyl sites for hydroxylation is 2. The van der Waals surface area contributed by atoms with Gasteiger partial charge in [-0.05, 0) is 55.8 Å². The molecule has 0 atom stereocenters. The maximum atomic E-state index is 13.3. The SMILES string of the molecule is COc1ccc(N2C(=O)/C(=C\c3ccc(C)cc3)N=C2c2cccc(C)c2)cc1. The van der Waals surface area contributed by atoms with Crippen LogP contribution in [-0.2, 0) is 4.79 Å². The number of carbonyl (C=O) groups excluding carboxylic acids is 1. The van der Waals surface area contributed by atoms with Crippen LogP contribution in [0.5, 0.6) is 5.75 Å². The molecule has 4 heteroatoms. The van der Waals surface area contributed by atoms with Gasteiger partial charge >= 0.3 is 0 Å². The van der Waals surface area contributed by atoms with Gasteiger partial charge in [0.15, 0.2) is 0 Å². The predicted molar refractivity (Wildman–Crippen MR) is 117 cm³/mol. The molecule has 0 spiro atoms. The third kappa shape index (κ3) is 3.83. The van der Waals surface area contributed by atoms with Crippen LogP contribution in [0.4, 0.5) is 5.69 Å². The number of nitrogens with zero attached hydrogens (tertiary/aromatic N) is 2. The molecular formula is C25H22N2O2. The van der Waals surface area contributed by atoms with Crippen LogP contribution in [0.15, 0.2) is 83.5 Å². The summed E-state index contributed by atoms with van der Waals surface area (Å²) in [6.07, 6.45) is 1.83. The second-order valence-electron chi connectivity index (χ2n) is 7.08. The Kier molecular flexibility index (Phi) is 5.00. The predicted octanol–water partition coefficient (Wildman–Crippen LogP) is 5.15. The van der Waals surface area contributed by atoms with E-state index in [-0.39, 0.29) is 5.91 Å². The highest BCUT2D eigenvalue weighted by Gasteiger charge is 2.32. The van der Waals surface area contributed by atoms with Gasteiger partial charge in [-0.1, -0.05) is 53.6 Å². The van der Waals surface area contributed by atoms with Crippen molar-refractivity contribution in [2.75, 3.05) is 12.0 Å². The van der Waals surface area contributed by atoms with E-state index in [0.29, 0.717) is 11.5 Å². The molecule has 3 aromatic rings. The Bertz CT molecular complexity index is 1110. The second kappa shape index (κ2) is 7.76. The van der Waals surface area contributed by atoms with Crippen molar-refractivity contribution in [3.8, 4) is 5.75 Å². The number of anilines is 1. The quantitative estimate of drug-likeness (QED) is 0.586. The van der Waals surface area contributed by atoms with Crippen molar-refractivity contribution in [2.45, 2.75) is 13.8 Å².